The maximum atomic E-state index is 12.3. The Bertz CT molecular complexity index is 603. The van der Waals surface area contributed by atoms with Crippen LogP contribution in [0.4, 0.5) is 0 Å². The Hall–Kier alpha value is -1.42. The van der Waals surface area contributed by atoms with Gasteiger partial charge in [-0.15, -0.1) is 0 Å². The summed E-state index contributed by atoms with van der Waals surface area (Å²) in [6.07, 6.45) is 0. The van der Waals surface area contributed by atoms with Crippen molar-refractivity contribution in [3.63, 3.8) is 0 Å². The maximum Gasteiger partial charge on any atom is 0.218 e. The van der Waals surface area contributed by atoms with Crippen molar-refractivity contribution >= 4 is 10.0 Å². The summed E-state index contributed by atoms with van der Waals surface area (Å²) in [5, 5.41) is 9.00. The van der Waals surface area contributed by atoms with Gasteiger partial charge in [0.2, 0.25) is 10.0 Å². The molecule has 0 aliphatic heterocycles. The van der Waals surface area contributed by atoms with Gasteiger partial charge in [-0.2, -0.15) is 5.26 Å². The Morgan fingerprint density at radius 1 is 1.35 bits per heavy atom. The van der Waals surface area contributed by atoms with Crippen LogP contribution < -0.4 is 5.73 Å². The molecule has 110 valence electrons. The first-order valence-corrected chi connectivity index (χ1v) is 7.95. The van der Waals surface area contributed by atoms with Crippen LogP contribution in [0.5, 0.6) is 0 Å². The number of nitrogens with two attached hydrogens (primary N) is 1. The standard InChI is InChI=1S/C14H21N3O2S/c1-14(2,10-16)11-17(3)20(18,19)9-13-7-5-4-6-12(13)8-15/h4-7H,9-11,16H2,1-3H3. The molecule has 0 saturated carbocycles. The second-order valence-electron chi connectivity index (χ2n) is 5.65. The Balaban J connectivity index is 2.93. The van der Waals surface area contributed by atoms with Gasteiger partial charge in [0.25, 0.3) is 0 Å². The molecule has 0 fully saturated rings. The minimum absolute atomic E-state index is 0.173. The summed E-state index contributed by atoms with van der Waals surface area (Å²) in [6, 6.07) is 8.75. The number of nitriles is 1. The first kappa shape index (κ1) is 16.6. The molecule has 0 aliphatic carbocycles. The van der Waals surface area contributed by atoms with Crippen LogP contribution >= 0.6 is 0 Å². The molecule has 0 atom stereocenters. The van der Waals surface area contributed by atoms with Crippen molar-refractivity contribution in [1.82, 2.24) is 4.31 Å². The zero-order valence-electron chi connectivity index (χ0n) is 12.1. The van der Waals surface area contributed by atoms with E-state index in [1.165, 1.54) is 4.31 Å². The second-order valence-corrected chi connectivity index (χ2v) is 7.73. The van der Waals surface area contributed by atoms with E-state index in [1.54, 1.807) is 31.3 Å². The summed E-state index contributed by atoms with van der Waals surface area (Å²) in [7, 11) is -1.92. The van der Waals surface area contributed by atoms with Crippen molar-refractivity contribution in [2.24, 2.45) is 11.1 Å². The van der Waals surface area contributed by atoms with Crippen LogP contribution in [0.25, 0.3) is 0 Å². The van der Waals surface area contributed by atoms with Gasteiger partial charge in [-0.25, -0.2) is 12.7 Å². The molecule has 5 nitrogen and oxygen atoms in total. The number of benzene rings is 1. The van der Waals surface area contributed by atoms with Crippen molar-refractivity contribution in [3.8, 4) is 6.07 Å². The van der Waals surface area contributed by atoms with E-state index in [0.29, 0.717) is 24.2 Å². The molecule has 2 N–H and O–H groups in total. The van der Waals surface area contributed by atoms with Gasteiger partial charge in [0, 0.05) is 13.6 Å². The van der Waals surface area contributed by atoms with E-state index in [9.17, 15) is 8.42 Å². The van der Waals surface area contributed by atoms with Crippen LogP contribution in [0.1, 0.15) is 25.0 Å². The van der Waals surface area contributed by atoms with Gasteiger partial charge in [0.1, 0.15) is 0 Å². The smallest absolute Gasteiger partial charge is 0.218 e. The van der Waals surface area contributed by atoms with Crippen LogP contribution in [-0.4, -0.2) is 32.9 Å². The molecule has 0 amide bonds. The maximum absolute atomic E-state index is 12.3. The third kappa shape index (κ3) is 4.30. The Labute approximate surface area is 121 Å². The Morgan fingerprint density at radius 2 is 1.95 bits per heavy atom. The number of hydrogen-bond donors (Lipinski definition) is 1. The summed E-state index contributed by atoms with van der Waals surface area (Å²) in [5.74, 6) is -0.173. The molecule has 0 aromatic heterocycles. The Morgan fingerprint density at radius 3 is 2.50 bits per heavy atom. The first-order chi connectivity index (χ1) is 9.22. The van der Waals surface area contributed by atoms with Crippen molar-refractivity contribution in [3.05, 3.63) is 35.4 Å². The molecule has 20 heavy (non-hydrogen) atoms. The summed E-state index contributed by atoms with van der Waals surface area (Å²) in [4.78, 5) is 0. The highest BCUT2D eigenvalue weighted by atomic mass is 32.2. The Kier molecular flexibility index (Phi) is 5.28. The fourth-order valence-electron chi connectivity index (χ4n) is 1.83. The molecule has 0 aliphatic rings. The average molecular weight is 295 g/mol. The highest BCUT2D eigenvalue weighted by Crippen LogP contribution is 2.19. The van der Waals surface area contributed by atoms with Gasteiger partial charge in [0.05, 0.1) is 17.4 Å². The predicted molar refractivity (Wildman–Crippen MR) is 79.2 cm³/mol. The highest BCUT2D eigenvalue weighted by Gasteiger charge is 2.26. The van der Waals surface area contributed by atoms with Crippen LogP contribution in [0, 0.1) is 16.7 Å². The predicted octanol–water partition coefficient (Wildman–Crippen LogP) is 1.30. The lowest BCUT2D eigenvalue weighted by molar-refractivity contribution is 0.291. The quantitative estimate of drug-likeness (QED) is 0.857. The van der Waals surface area contributed by atoms with Gasteiger partial charge in [-0.3, -0.25) is 0 Å². The number of rotatable bonds is 6. The lowest BCUT2D eigenvalue weighted by Gasteiger charge is -2.28. The summed E-state index contributed by atoms with van der Waals surface area (Å²) in [6.45, 7) is 4.59. The molecule has 6 heteroatoms. The number of sulfonamides is 1. The van der Waals surface area contributed by atoms with E-state index < -0.39 is 10.0 Å². The lowest BCUT2D eigenvalue weighted by atomic mass is 9.94. The van der Waals surface area contributed by atoms with E-state index in [4.69, 9.17) is 11.0 Å². The highest BCUT2D eigenvalue weighted by molar-refractivity contribution is 7.88. The van der Waals surface area contributed by atoms with Crippen LogP contribution in [-0.2, 0) is 15.8 Å². The molecule has 0 spiro atoms. The van der Waals surface area contributed by atoms with E-state index in [2.05, 4.69) is 0 Å². The molecule has 0 bridgehead atoms. The van der Waals surface area contributed by atoms with E-state index in [-0.39, 0.29) is 11.2 Å². The van der Waals surface area contributed by atoms with Gasteiger partial charge < -0.3 is 5.73 Å². The fourth-order valence-corrected chi connectivity index (χ4v) is 3.24. The normalized spacial score (nSPS) is 12.4. The zero-order chi connectivity index (χ0) is 15.4. The van der Waals surface area contributed by atoms with Gasteiger partial charge >= 0.3 is 0 Å². The first-order valence-electron chi connectivity index (χ1n) is 6.34. The topological polar surface area (TPSA) is 87.2 Å². The monoisotopic (exact) mass is 295 g/mol. The molecular weight excluding hydrogens is 274 g/mol. The summed E-state index contributed by atoms with van der Waals surface area (Å²) < 4.78 is 26.0. The molecular formula is C14H21N3O2S. The van der Waals surface area contributed by atoms with Gasteiger partial charge in [-0.05, 0) is 23.6 Å². The summed E-state index contributed by atoms with van der Waals surface area (Å²) >= 11 is 0. The minimum atomic E-state index is -3.46. The fraction of sp³-hybridized carbons (Fsp3) is 0.500. The van der Waals surface area contributed by atoms with Gasteiger partial charge in [-0.1, -0.05) is 32.0 Å². The van der Waals surface area contributed by atoms with Crippen LogP contribution in [0.2, 0.25) is 0 Å². The zero-order valence-corrected chi connectivity index (χ0v) is 12.9. The molecule has 0 heterocycles. The van der Waals surface area contributed by atoms with Crippen molar-refractivity contribution in [2.45, 2.75) is 19.6 Å². The number of nitrogens with zero attached hydrogens (tertiary/aromatic N) is 2. The second kappa shape index (κ2) is 6.35. The van der Waals surface area contributed by atoms with Crippen LogP contribution in [0.3, 0.4) is 0 Å². The molecule has 1 aromatic carbocycles. The molecule has 0 unspecified atom stereocenters. The average Bonchev–Trinajstić information content (AvgIpc) is 2.38. The van der Waals surface area contributed by atoms with Crippen molar-refractivity contribution in [2.75, 3.05) is 20.1 Å². The molecule has 0 radical (unpaired) electrons. The third-order valence-electron chi connectivity index (χ3n) is 3.15. The largest absolute Gasteiger partial charge is 0.330 e. The third-order valence-corrected chi connectivity index (χ3v) is 4.91. The molecule has 1 rings (SSSR count). The van der Waals surface area contributed by atoms with E-state index >= 15 is 0 Å². The summed E-state index contributed by atoms with van der Waals surface area (Å²) in [5.41, 5.74) is 6.26. The number of hydrogen-bond acceptors (Lipinski definition) is 4. The lowest BCUT2D eigenvalue weighted by Crippen LogP contribution is -2.40. The van der Waals surface area contributed by atoms with Crippen molar-refractivity contribution < 1.29 is 8.42 Å². The van der Waals surface area contributed by atoms with Gasteiger partial charge in [0.15, 0.2) is 0 Å². The molecule has 1 aromatic rings. The van der Waals surface area contributed by atoms with Crippen LogP contribution in [0.15, 0.2) is 24.3 Å². The minimum Gasteiger partial charge on any atom is -0.330 e. The van der Waals surface area contributed by atoms with E-state index in [0.717, 1.165) is 0 Å². The van der Waals surface area contributed by atoms with Crippen molar-refractivity contribution in [1.29, 1.82) is 5.26 Å². The SMILES string of the molecule is CN(CC(C)(C)CN)S(=O)(=O)Cc1ccccc1C#N. The van der Waals surface area contributed by atoms with E-state index in [1.807, 2.05) is 19.9 Å². The molecule has 0 saturated heterocycles.